The maximum Gasteiger partial charge on any atom is 0.270 e. The summed E-state index contributed by atoms with van der Waals surface area (Å²) in [6.45, 7) is 2.71. The lowest BCUT2D eigenvalue weighted by molar-refractivity contribution is -0.384. The lowest BCUT2D eigenvalue weighted by Gasteiger charge is -2.21. The molecule has 0 N–H and O–H groups in total. The van der Waals surface area contributed by atoms with Crippen molar-refractivity contribution >= 4 is 22.9 Å². The topological polar surface area (TPSA) is 76.6 Å². The van der Waals surface area contributed by atoms with E-state index in [9.17, 15) is 14.9 Å². The minimum atomic E-state index is -0.503. The summed E-state index contributed by atoms with van der Waals surface area (Å²) in [6.07, 6.45) is 1.56. The summed E-state index contributed by atoms with van der Waals surface area (Å²) in [5.41, 5.74) is 1.30. The van der Waals surface area contributed by atoms with Crippen LogP contribution >= 0.6 is 11.3 Å². The Labute approximate surface area is 148 Å². The first-order valence-corrected chi connectivity index (χ1v) is 8.51. The van der Waals surface area contributed by atoms with Crippen LogP contribution in [0.3, 0.4) is 0 Å². The van der Waals surface area contributed by atoms with Gasteiger partial charge in [0.15, 0.2) is 0 Å². The zero-order valence-electron chi connectivity index (χ0n) is 13.5. The molecule has 1 amide bonds. The summed E-state index contributed by atoms with van der Waals surface area (Å²) in [4.78, 5) is 26.1. The van der Waals surface area contributed by atoms with Gasteiger partial charge in [0, 0.05) is 22.6 Å². The largest absolute Gasteiger partial charge is 0.467 e. The number of nitro benzene ring substituents is 1. The number of thiophene rings is 1. The molecule has 6 nitrogen and oxygen atoms in total. The molecule has 3 aromatic rings. The molecule has 0 aliphatic carbocycles. The first-order chi connectivity index (χ1) is 12.0. The number of furan rings is 1. The minimum Gasteiger partial charge on any atom is -0.467 e. The van der Waals surface area contributed by atoms with Gasteiger partial charge >= 0.3 is 0 Å². The van der Waals surface area contributed by atoms with Crippen LogP contribution in [0.15, 0.2) is 58.5 Å². The molecule has 25 heavy (non-hydrogen) atoms. The van der Waals surface area contributed by atoms with Crippen molar-refractivity contribution in [2.75, 3.05) is 0 Å². The molecule has 0 aliphatic heterocycles. The van der Waals surface area contributed by atoms with Crippen LogP contribution in [-0.2, 0) is 13.1 Å². The SMILES string of the molecule is Cc1ccsc1CN(Cc1ccco1)C(=O)c1cccc([N+](=O)[O-])c1. The minimum absolute atomic E-state index is 0.101. The summed E-state index contributed by atoms with van der Waals surface area (Å²) in [6, 6.07) is 11.4. The lowest BCUT2D eigenvalue weighted by Crippen LogP contribution is -2.30. The maximum atomic E-state index is 12.9. The van der Waals surface area contributed by atoms with Gasteiger partial charge < -0.3 is 9.32 Å². The van der Waals surface area contributed by atoms with E-state index in [1.54, 1.807) is 40.7 Å². The Bertz CT molecular complexity index is 886. The van der Waals surface area contributed by atoms with Crippen LogP contribution in [0.5, 0.6) is 0 Å². The number of nitrogens with zero attached hydrogens (tertiary/aromatic N) is 2. The number of hydrogen-bond donors (Lipinski definition) is 0. The van der Waals surface area contributed by atoms with Crippen molar-refractivity contribution in [3.8, 4) is 0 Å². The van der Waals surface area contributed by atoms with Crippen LogP contribution in [0.4, 0.5) is 5.69 Å². The number of aryl methyl sites for hydroxylation is 1. The standard InChI is InChI=1S/C18H16N2O4S/c1-13-7-9-25-17(13)12-19(11-16-6-3-8-24-16)18(21)14-4-2-5-15(10-14)20(22)23/h2-10H,11-12H2,1H3. The summed E-state index contributed by atoms with van der Waals surface area (Å²) in [5, 5.41) is 12.9. The molecule has 0 saturated heterocycles. The molecule has 0 bridgehead atoms. The van der Waals surface area contributed by atoms with Gasteiger partial charge in [0.25, 0.3) is 11.6 Å². The number of carbonyl (C=O) groups is 1. The molecule has 0 spiro atoms. The summed E-state index contributed by atoms with van der Waals surface area (Å²) in [7, 11) is 0. The molecule has 0 saturated carbocycles. The predicted molar refractivity (Wildman–Crippen MR) is 94.4 cm³/mol. The Kier molecular flexibility index (Phi) is 4.95. The Morgan fingerprint density at radius 3 is 2.72 bits per heavy atom. The summed E-state index contributed by atoms with van der Waals surface area (Å²) < 4.78 is 5.36. The fourth-order valence-electron chi connectivity index (χ4n) is 2.46. The van der Waals surface area contributed by atoms with Crippen molar-refractivity contribution < 1.29 is 14.1 Å². The Hall–Kier alpha value is -2.93. The molecule has 0 aliphatic rings. The molecule has 0 atom stereocenters. The van der Waals surface area contributed by atoms with Crippen molar-refractivity contribution in [3.05, 3.63) is 86.0 Å². The quantitative estimate of drug-likeness (QED) is 0.484. The van der Waals surface area contributed by atoms with E-state index in [-0.39, 0.29) is 17.2 Å². The van der Waals surface area contributed by atoms with E-state index in [0.29, 0.717) is 18.8 Å². The van der Waals surface area contributed by atoms with Crippen LogP contribution in [0.2, 0.25) is 0 Å². The predicted octanol–water partition coefficient (Wildman–Crippen LogP) is 4.40. The van der Waals surface area contributed by atoms with E-state index in [1.807, 2.05) is 18.4 Å². The smallest absolute Gasteiger partial charge is 0.270 e. The average Bonchev–Trinajstić information content (AvgIpc) is 3.26. The number of non-ortho nitro benzene ring substituents is 1. The van der Waals surface area contributed by atoms with Gasteiger partial charge in [-0.05, 0) is 42.1 Å². The number of amides is 1. The van der Waals surface area contributed by atoms with Gasteiger partial charge in [0.1, 0.15) is 5.76 Å². The first kappa shape index (κ1) is 16.9. The van der Waals surface area contributed by atoms with Gasteiger partial charge in [-0.3, -0.25) is 14.9 Å². The molecule has 0 radical (unpaired) electrons. The fraction of sp³-hybridized carbons (Fsp3) is 0.167. The molecule has 2 aromatic heterocycles. The fourth-order valence-corrected chi connectivity index (χ4v) is 3.39. The molecular formula is C18H16N2O4S. The van der Waals surface area contributed by atoms with Gasteiger partial charge in [-0.1, -0.05) is 6.07 Å². The Morgan fingerprint density at radius 2 is 2.08 bits per heavy atom. The zero-order valence-corrected chi connectivity index (χ0v) is 14.4. The van der Waals surface area contributed by atoms with Gasteiger partial charge in [-0.15, -0.1) is 11.3 Å². The number of rotatable bonds is 6. The molecular weight excluding hydrogens is 340 g/mol. The van der Waals surface area contributed by atoms with E-state index < -0.39 is 4.92 Å². The van der Waals surface area contributed by atoms with E-state index in [1.165, 1.54) is 18.2 Å². The van der Waals surface area contributed by atoms with Crippen LogP contribution in [-0.4, -0.2) is 15.7 Å². The van der Waals surface area contributed by atoms with E-state index in [4.69, 9.17) is 4.42 Å². The highest BCUT2D eigenvalue weighted by atomic mass is 32.1. The second kappa shape index (κ2) is 7.31. The van der Waals surface area contributed by atoms with Crippen LogP contribution in [0, 0.1) is 17.0 Å². The van der Waals surface area contributed by atoms with Crippen molar-refractivity contribution in [1.82, 2.24) is 4.90 Å². The number of carbonyl (C=O) groups excluding carboxylic acids is 1. The first-order valence-electron chi connectivity index (χ1n) is 7.63. The van der Waals surface area contributed by atoms with E-state index >= 15 is 0 Å². The molecule has 0 fully saturated rings. The second-order valence-electron chi connectivity index (χ2n) is 5.57. The molecule has 3 rings (SSSR count). The highest BCUT2D eigenvalue weighted by molar-refractivity contribution is 7.10. The summed E-state index contributed by atoms with van der Waals surface area (Å²) in [5.74, 6) is 0.390. The van der Waals surface area contributed by atoms with Crippen LogP contribution in [0.25, 0.3) is 0 Å². The summed E-state index contributed by atoms with van der Waals surface area (Å²) >= 11 is 1.58. The van der Waals surface area contributed by atoms with Crippen molar-refractivity contribution in [1.29, 1.82) is 0 Å². The number of hydrogen-bond acceptors (Lipinski definition) is 5. The van der Waals surface area contributed by atoms with E-state index in [2.05, 4.69) is 0 Å². The third-order valence-corrected chi connectivity index (χ3v) is 4.83. The lowest BCUT2D eigenvalue weighted by atomic mass is 10.1. The third-order valence-electron chi connectivity index (χ3n) is 3.82. The van der Waals surface area contributed by atoms with Crippen molar-refractivity contribution in [3.63, 3.8) is 0 Å². The van der Waals surface area contributed by atoms with Crippen LogP contribution < -0.4 is 0 Å². The highest BCUT2D eigenvalue weighted by Gasteiger charge is 2.21. The van der Waals surface area contributed by atoms with Gasteiger partial charge in [-0.2, -0.15) is 0 Å². The highest BCUT2D eigenvalue weighted by Crippen LogP contribution is 2.22. The number of benzene rings is 1. The monoisotopic (exact) mass is 356 g/mol. The molecule has 1 aromatic carbocycles. The molecule has 0 unspecified atom stereocenters. The maximum absolute atomic E-state index is 12.9. The molecule has 128 valence electrons. The Balaban J connectivity index is 1.89. The molecule has 2 heterocycles. The van der Waals surface area contributed by atoms with E-state index in [0.717, 1.165) is 10.4 Å². The van der Waals surface area contributed by atoms with Crippen molar-refractivity contribution in [2.45, 2.75) is 20.0 Å². The molecule has 7 heteroatoms. The third kappa shape index (κ3) is 3.95. The zero-order chi connectivity index (χ0) is 17.8. The second-order valence-corrected chi connectivity index (χ2v) is 6.58. The average molecular weight is 356 g/mol. The Morgan fingerprint density at radius 1 is 1.24 bits per heavy atom. The van der Waals surface area contributed by atoms with Gasteiger partial charge in [0.05, 0.1) is 24.3 Å². The number of nitro groups is 1. The van der Waals surface area contributed by atoms with Gasteiger partial charge in [0.2, 0.25) is 0 Å². The van der Waals surface area contributed by atoms with Crippen LogP contribution in [0.1, 0.15) is 26.6 Å². The van der Waals surface area contributed by atoms with Gasteiger partial charge in [-0.25, -0.2) is 0 Å². The van der Waals surface area contributed by atoms with Crippen molar-refractivity contribution in [2.24, 2.45) is 0 Å². The normalized spacial score (nSPS) is 10.6.